The maximum absolute atomic E-state index is 11.8. The second-order valence-electron chi connectivity index (χ2n) is 8.06. The van der Waals surface area contributed by atoms with Crippen LogP contribution in [0.25, 0.3) is 0 Å². The minimum atomic E-state index is -0.411. The zero-order valence-electron chi connectivity index (χ0n) is 16.8. The Morgan fingerprint density at radius 1 is 1.08 bits per heavy atom. The van der Waals surface area contributed by atoms with Gasteiger partial charge in [0.25, 0.3) is 0 Å². The van der Waals surface area contributed by atoms with Gasteiger partial charge in [-0.2, -0.15) is 0 Å². The fourth-order valence-corrected chi connectivity index (χ4v) is 3.23. The van der Waals surface area contributed by atoms with Crippen LogP contribution in [0.1, 0.15) is 46.5 Å². The van der Waals surface area contributed by atoms with Gasteiger partial charge in [-0.25, -0.2) is 4.79 Å². The topological polar surface area (TPSA) is 60.0 Å². The number of nitrogens with one attached hydrogen (secondary N) is 1. The number of ether oxygens (including phenoxy) is 3. The standard InChI is InChI=1S/C12H23NO3.C7H15NO/c1-12(2,3)16-11(14)13-7-5-6-10(8-13)9-15-4;1-9-6-7-3-2-4-8-5-7/h10H,5-9H2,1-4H3;7-8H,2-6H2,1H3. The summed E-state index contributed by atoms with van der Waals surface area (Å²) in [5.41, 5.74) is -0.411. The van der Waals surface area contributed by atoms with Crippen LogP contribution in [0.2, 0.25) is 0 Å². The van der Waals surface area contributed by atoms with Gasteiger partial charge in [-0.3, -0.25) is 0 Å². The Bertz CT molecular complexity index is 360. The molecule has 0 bridgehead atoms. The molecular weight excluding hydrogens is 320 g/mol. The van der Waals surface area contributed by atoms with Crippen LogP contribution in [0.3, 0.4) is 0 Å². The highest BCUT2D eigenvalue weighted by Crippen LogP contribution is 2.19. The van der Waals surface area contributed by atoms with E-state index >= 15 is 0 Å². The van der Waals surface area contributed by atoms with Crippen molar-refractivity contribution >= 4 is 6.09 Å². The van der Waals surface area contributed by atoms with Crippen LogP contribution in [0.15, 0.2) is 0 Å². The molecule has 2 unspecified atom stereocenters. The summed E-state index contributed by atoms with van der Waals surface area (Å²) in [6.45, 7) is 11.2. The van der Waals surface area contributed by atoms with Crippen LogP contribution >= 0.6 is 0 Å². The Hall–Kier alpha value is -0.850. The molecule has 2 aliphatic rings. The zero-order chi connectivity index (χ0) is 18.7. The monoisotopic (exact) mass is 358 g/mol. The van der Waals surface area contributed by atoms with Crippen molar-refractivity contribution in [2.45, 2.75) is 52.1 Å². The number of hydrogen-bond donors (Lipinski definition) is 1. The molecule has 25 heavy (non-hydrogen) atoms. The highest BCUT2D eigenvalue weighted by atomic mass is 16.6. The molecule has 2 atom stereocenters. The first-order chi connectivity index (χ1) is 11.9. The molecule has 6 heteroatoms. The Kier molecular flexibility index (Phi) is 10.4. The molecule has 0 aromatic heterocycles. The van der Waals surface area contributed by atoms with E-state index in [-0.39, 0.29) is 6.09 Å². The summed E-state index contributed by atoms with van der Waals surface area (Å²) >= 11 is 0. The molecule has 2 saturated heterocycles. The van der Waals surface area contributed by atoms with Gasteiger partial charge < -0.3 is 24.4 Å². The third-order valence-electron chi connectivity index (χ3n) is 4.37. The largest absolute Gasteiger partial charge is 0.444 e. The van der Waals surface area contributed by atoms with E-state index in [4.69, 9.17) is 14.2 Å². The molecule has 1 N–H and O–H groups in total. The van der Waals surface area contributed by atoms with Crippen molar-refractivity contribution < 1.29 is 19.0 Å². The number of rotatable bonds is 4. The third kappa shape index (κ3) is 10.0. The number of amides is 1. The van der Waals surface area contributed by atoms with Crippen molar-refractivity contribution in [2.75, 3.05) is 53.6 Å². The lowest BCUT2D eigenvalue weighted by Gasteiger charge is -2.33. The van der Waals surface area contributed by atoms with Crippen LogP contribution < -0.4 is 5.32 Å². The second kappa shape index (κ2) is 11.7. The molecular formula is C19H38N2O4. The number of likely N-dealkylation sites (tertiary alicyclic amines) is 1. The molecule has 2 heterocycles. The molecule has 6 nitrogen and oxygen atoms in total. The van der Waals surface area contributed by atoms with Gasteiger partial charge in [0.1, 0.15) is 5.60 Å². The summed E-state index contributed by atoms with van der Waals surface area (Å²) in [5.74, 6) is 1.22. The number of piperidine rings is 2. The van der Waals surface area contributed by atoms with Crippen LogP contribution in [0.4, 0.5) is 4.79 Å². The van der Waals surface area contributed by atoms with Gasteiger partial charge in [0.15, 0.2) is 0 Å². The highest BCUT2D eigenvalue weighted by Gasteiger charge is 2.27. The van der Waals surface area contributed by atoms with Gasteiger partial charge in [-0.05, 0) is 58.9 Å². The van der Waals surface area contributed by atoms with Gasteiger partial charge in [-0.1, -0.05) is 0 Å². The van der Waals surface area contributed by atoms with Crippen molar-refractivity contribution in [1.82, 2.24) is 10.2 Å². The summed E-state index contributed by atoms with van der Waals surface area (Å²) in [4.78, 5) is 13.6. The van der Waals surface area contributed by atoms with Crippen molar-refractivity contribution in [2.24, 2.45) is 11.8 Å². The molecule has 1 amide bonds. The normalized spacial score (nSPS) is 24.3. The molecule has 2 aliphatic heterocycles. The second-order valence-corrected chi connectivity index (χ2v) is 8.06. The van der Waals surface area contributed by atoms with Crippen LogP contribution in [-0.2, 0) is 14.2 Å². The van der Waals surface area contributed by atoms with E-state index < -0.39 is 5.60 Å². The van der Waals surface area contributed by atoms with E-state index in [0.717, 1.165) is 51.6 Å². The van der Waals surface area contributed by atoms with Crippen LogP contribution in [0, 0.1) is 11.8 Å². The van der Waals surface area contributed by atoms with Gasteiger partial charge in [0.05, 0.1) is 13.2 Å². The lowest BCUT2D eigenvalue weighted by molar-refractivity contribution is 0.0109. The number of nitrogens with zero attached hydrogens (tertiary/aromatic N) is 1. The number of hydrogen-bond acceptors (Lipinski definition) is 5. The Morgan fingerprint density at radius 3 is 2.28 bits per heavy atom. The number of carbonyl (C=O) groups is 1. The van der Waals surface area contributed by atoms with Crippen molar-refractivity contribution in [3.8, 4) is 0 Å². The summed E-state index contributed by atoms with van der Waals surface area (Å²) in [6.07, 6.45) is 4.61. The van der Waals surface area contributed by atoms with Crippen molar-refractivity contribution in [3.63, 3.8) is 0 Å². The molecule has 0 saturated carbocycles. The molecule has 0 aliphatic carbocycles. The maximum Gasteiger partial charge on any atom is 0.410 e. The first-order valence-corrected chi connectivity index (χ1v) is 9.52. The van der Waals surface area contributed by atoms with Gasteiger partial charge in [0.2, 0.25) is 0 Å². The van der Waals surface area contributed by atoms with E-state index in [1.807, 2.05) is 20.8 Å². The van der Waals surface area contributed by atoms with E-state index in [2.05, 4.69) is 5.32 Å². The lowest BCUT2D eigenvalue weighted by Crippen LogP contribution is -2.43. The minimum Gasteiger partial charge on any atom is -0.444 e. The third-order valence-corrected chi connectivity index (χ3v) is 4.37. The highest BCUT2D eigenvalue weighted by molar-refractivity contribution is 5.68. The molecule has 2 fully saturated rings. The predicted molar refractivity (Wildman–Crippen MR) is 99.9 cm³/mol. The first-order valence-electron chi connectivity index (χ1n) is 9.52. The Balaban J connectivity index is 0.000000293. The van der Waals surface area contributed by atoms with E-state index in [0.29, 0.717) is 5.92 Å². The van der Waals surface area contributed by atoms with Crippen LogP contribution in [0.5, 0.6) is 0 Å². The minimum absolute atomic E-state index is 0.201. The van der Waals surface area contributed by atoms with E-state index in [1.54, 1.807) is 19.1 Å². The SMILES string of the molecule is COCC1CCCN(C(=O)OC(C)(C)C)C1.COCC1CCCNC1. The van der Waals surface area contributed by atoms with E-state index in [1.165, 1.54) is 19.4 Å². The van der Waals surface area contributed by atoms with Crippen molar-refractivity contribution in [3.05, 3.63) is 0 Å². The fourth-order valence-electron chi connectivity index (χ4n) is 3.23. The molecule has 0 aromatic rings. The summed E-state index contributed by atoms with van der Waals surface area (Å²) in [7, 11) is 3.47. The maximum atomic E-state index is 11.8. The molecule has 2 rings (SSSR count). The molecule has 0 radical (unpaired) electrons. The van der Waals surface area contributed by atoms with Crippen LogP contribution in [-0.4, -0.2) is 70.2 Å². The fraction of sp³-hybridized carbons (Fsp3) is 0.947. The van der Waals surface area contributed by atoms with Gasteiger partial charge >= 0.3 is 6.09 Å². The summed E-state index contributed by atoms with van der Waals surface area (Å²) in [5, 5.41) is 3.34. The average molecular weight is 359 g/mol. The quantitative estimate of drug-likeness (QED) is 0.837. The summed E-state index contributed by atoms with van der Waals surface area (Å²) < 4.78 is 15.5. The molecule has 148 valence electrons. The van der Waals surface area contributed by atoms with Gasteiger partial charge in [0, 0.05) is 39.8 Å². The molecule has 0 aromatic carbocycles. The number of carbonyl (C=O) groups excluding carboxylic acids is 1. The Morgan fingerprint density at radius 2 is 1.72 bits per heavy atom. The smallest absolute Gasteiger partial charge is 0.410 e. The Labute approximate surface area is 153 Å². The number of methoxy groups -OCH3 is 2. The predicted octanol–water partition coefficient (Wildman–Crippen LogP) is 2.91. The first kappa shape index (κ1) is 22.2. The van der Waals surface area contributed by atoms with E-state index in [9.17, 15) is 4.79 Å². The van der Waals surface area contributed by atoms with Crippen molar-refractivity contribution in [1.29, 1.82) is 0 Å². The average Bonchev–Trinajstić information content (AvgIpc) is 2.56. The van der Waals surface area contributed by atoms with Gasteiger partial charge in [-0.15, -0.1) is 0 Å². The lowest BCUT2D eigenvalue weighted by atomic mass is 9.99. The summed E-state index contributed by atoms with van der Waals surface area (Å²) in [6, 6.07) is 0. The molecule has 0 spiro atoms. The zero-order valence-corrected chi connectivity index (χ0v) is 16.8.